The minimum Gasteiger partial charge on any atom is -0.489 e. The van der Waals surface area contributed by atoms with E-state index in [4.69, 9.17) is 14.0 Å². The van der Waals surface area contributed by atoms with E-state index in [-0.39, 0.29) is 5.91 Å². The van der Waals surface area contributed by atoms with Crippen LogP contribution in [-0.2, 0) is 22.6 Å². The minimum absolute atomic E-state index is 0.307. The van der Waals surface area contributed by atoms with Crippen LogP contribution in [0, 0.1) is 13.8 Å². The molecule has 0 aliphatic heterocycles. The van der Waals surface area contributed by atoms with E-state index in [0.717, 1.165) is 27.7 Å². The average molecular weight is 447 g/mol. The SMILES string of the molecule is COC(=O)[C@@H](Cc1c[nH]c2ccccc12)NC(=O)c1ccc(OCc2c(C)noc2C)cc1. The number of hydrogen-bond acceptors (Lipinski definition) is 6. The van der Waals surface area contributed by atoms with E-state index in [1.807, 2.05) is 44.3 Å². The molecule has 8 heteroatoms. The fourth-order valence-corrected chi connectivity index (χ4v) is 3.66. The Kier molecular flexibility index (Phi) is 6.44. The fraction of sp³-hybridized carbons (Fsp3) is 0.240. The third-order valence-electron chi connectivity index (χ3n) is 5.57. The maximum atomic E-state index is 12.8. The monoisotopic (exact) mass is 447 g/mol. The smallest absolute Gasteiger partial charge is 0.328 e. The van der Waals surface area contributed by atoms with Crippen molar-refractivity contribution in [3.8, 4) is 5.75 Å². The Morgan fingerprint density at radius 1 is 1.12 bits per heavy atom. The van der Waals surface area contributed by atoms with Gasteiger partial charge in [-0.15, -0.1) is 0 Å². The number of carbonyl (C=O) groups is 2. The van der Waals surface area contributed by atoms with Crippen molar-refractivity contribution >= 4 is 22.8 Å². The van der Waals surface area contributed by atoms with E-state index in [0.29, 0.717) is 30.1 Å². The van der Waals surface area contributed by atoms with Crippen LogP contribution in [0.15, 0.2) is 59.3 Å². The summed E-state index contributed by atoms with van der Waals surface area (Å²) < 4.78 is 15.8. The highest BCUT2D eigenvalue weighted by atomic mass is 16.5. The Morgan fingerprint density at radius 3 is 2.58 bits per heavy atom. The van der Waals surface area contributed by atoms with Gasteiger partial charge in [0.1, 0.15) is 24.2 Å². The van der Waals surface area contributed by atoms with Crippen molar-refractivity contribution in [1.29, 1.82) is 0 Å². The number of aromatic nitrogens is 2. The number of para-hydroxylation sites is 1. The van der Waals surface area contributed by atoms with Crippen molar-refractivity contribution in [3.63, 3.8) is 0 Å². The Balaban J connectivity index is 1.42. The zero-order valence-corrected chi connectivity index (χ0v) is 18.7. The number of H-pyrrole nitrogens is 1. The van der Waals surface area contributed by atoms with Gasteiger partial charge in [-0.25, -0.2) is 4.79 Å². The largest absolute Gasteiger partial charge is 0.489 e. The van der Waals surface area contributed by atoms with Crippen LogP contribution >= 0.6 is 0 Å². The molecule has 0 spiro atoms. The molecule has 170 valence electrons. The molecule has 0 saturated heterocycles. The summed E-state index contributed by atoms with van der Waals surface area (Å²) >= 11 is 0. The molecule has 4 aromatic rings. The summed E-state index contributed by atoms with van der Waals surface area (Å²) in [6.45, 7) is 4.01. The van der Waals surface area contributed by atoms with Gasteiger partial charge in [0.15, 0.2) is 0 Å². The molecule has 0 fully saturated rings. The van der Waals surface area contributed by atoms with E-state index in [9.17, 15) is 9.59 Å². The van der Waals surface area contributed by atoms with Gasteiger partial charge in [0, 0.05) is 29.1 Å². The first-order valence-corrected chi connectivity index (χ1v) is 10.5. The number of aryl methyl sites for hydroxylation is 2. The second-order valence-electron chi connectivity index (χ2n) is 7.73. The maximum Gasteiger partial charge on any atom is 0.328 e. The van der Waals surface area contributed by atoms with Gasteiger partial charge in [-0.1, -0.05) is 23.4 Å². The molecule has 2 N–H and O–H groups in total. The molecule has 0 saturated carbocycles. The normalized spacial score (nSPS) is 11.8. The molecular weight excluding hydrogens is 422 g/mol. The summed E-state index contributed by atoms with van der Waals surface area (Å²) in [6, 6.07) is 13.7. The summed E-state index contributed by atoms with van der Waals surface area (Å²) in [7, 11) is 1.31. The van der Waals surface area contributed by atoms with Crippen LogP contribution in [0.2, 0.25) is 0 Å². The third kappa shape index (κ3) is 4.90. The van der Waals surface area contributed by atoms with Crippen LogP contribution in [0.4, 0.5) is 0 Å². The zero-order valence-electron chi connectivity index (χ0n) is 18.7. The zero-order chi connectivity index (χ0) is 23.4. The molecule has 1 amide bonds. The predicted molar refractivity (Wildman–Crippen MR) is 122 cm³/mol. The molecule has 0 radical (unpaired) electrons. The van der Waals surface area contributed by atoms with Crippen LogP contribution < -0.4 is 10.1 Å². The van der Waals surface area contributed by atoms with Gasteiger partial charge in [0.25, 0.3) is 5.91 Å². The second-order valence-corrected chi connectivity index (χ2v) is 7.73. The number of benzene rings is 2. The first-order valence-electron chi connectivity index (χ1n) is 10.5. The molecule has 2 heterocycles. The first-order chi connectivity index (χ1) is 16.0. The van der Waals surface area contributed by atoms with E-state index < -0.39 is 12.0 Å². The predicted octanol–water partition coefficient (Wildman–Crippen LogP) is 3.87. The van der Waals surface area contributed by atoms with Crippen molar-refractivity contribution in [2.45, 2.75) is 32.9 Å². The number of carbonyl (C=O) groups excluding carboxylic acids is 2. The number of esters is 1. The Labute approximate surface area is 190 Å². The van der Waals surface area contributed by atoms with Crippen molar-refractivity contribution in [2.24, 2.45) is 0 Å². The van der Waals surface area contributed by atoms with Crippen molar-refractivity contribution in [3.05, 3.63) is 82.9 Å². The molecule has 2 aromatic carbocycles. The van der Waals surface area contributed by atoms with Gasteiger partial charge >= 0.3 is 5.97 Å². The van der Waals surface area contributed by atoms with Crippen LogP contribution in [0.25, 0.3) is 10.9 Å². The van der Waals surface area contributed by atoms with Crippen LogP contribution in [0.3, 0.4) is 0 Å². The molecule has 0 unspecified atom stereocenters. The number of fused-ring (bicyclic) bond motifs is 1. The van der Waals surface area contributed by atoms with E-state index in [1.54, 1.807) is 24.3 Å². The summed E-state index contributed by atoms with van der Waals surface area (Å²) in [4.78, 5) is 28.4. The molecule has 4 rings (SSSR count). The lowest BCUT2D eigenvalue weighted by Crippen LogP contribution is -2.43. The number of methoxy groups -OCH3 is 1. The van der Waals surface area contributed by atoms with Gasteiger partial charge in [-0.2, -0.15) is 0 Å². The van der Waals surface area contributed by atoms with E-state index >= 15 is 0 Å². The van der Waals surface area contributed by atoms with E-state index in [1.165, 1.54) is 7.11 Å². The average Bonchev–Trinajstić information content (AvgIpc) is 3.39. The lowest BCUT2D eigenvalue weighted by molar-refractivity contribution is -0.142. The van der Waals surface area contributed by atoms with Crippen LogP contribution in [-0.4, -0.2) is 35.2 Å². The molecule has 33 heavy (non-hydrogen) atoms. The minimum atomic E-state index is -0.822. The summed E-state index contributed by atoms with van der Waals surface area (Å²) in [5, 5.41) is 7.70. The van der Waals surface area contributed by atoms with Crippen LogP contribution in [0.1, 0.15) is 32.9 Å². The molecule has 0 bridgehead atoms. The number of nitrogens with one attached hydrogen (secondary N) is 2. The lowest BCUT2D eigenvalue weighted by atomic mass is 10.0. The summed E-state index contributed by atoms with van der Waals surface area (Å²) in [5.74, 6) is 0.443. The standard InChI is InChI=1S/C25H25N3O5/c1-15-21(16(2)33-28-15)14-32-19-10-8-17(9-11-19)24(29)27-23(25(30)31-3)12-18-13-26-22-7-5-4-6-20(18)22/h4-11,13,23,26H,12,14H2,1-3H3,(H,27,29)/t23-/m1/s1. The van der Waals surface area contributed by atoms with Crippen molar-refractivity contribution in [1.82, 2.24) is 15.5 Å². The third-order valence-corrected chi connectivity index (χ3v) is 5.57. The summed E-state index contributed by atoms with van der Waals surface area (Å²) in [5.41, 5.74) is 3.98. The maximum absolute atomic E-state index is 12.8. The Morgan fingerprint density at radius 2 is 1.88 bits per heavy atom. The molecular formula is C25H25N3O5. The molecule has 0 aliphatic rings. The topological polar surface area (TPSA) is 106 Å². The number of hydrogen-bond donors (Lipinski definition) is 2. The molecule has 1 atom stereocenters. The number of ether oxygens (including phenoxy) is 2. The quantitative estimate of drug-likeness (QED) is 0.397. The lowest BCUT2D eigenvalue weighted by Gasteiger charge is -2.16. The van der Waals surface area contributed by atoms with Gasteiger partial charge in [-0.05, 0) is 49.7 Å². The van der Waals surface area contributed by atoms with Gasteiger partial charge in [-0.3, -0.25) is 4.79 Å². The van der Waals surface area contributed by atoms with E-state index in [2.05, 4.69) is 15.5 Å². The van der Waals surface area contributed by atoms with Gasteiger partial charge in [0.2, 0.25) is 0 Å². The Hall–Kier alpha value is -4.07. The number of nitrogens with zero attached hydrogens (tertiary/aromatic N) is 1. The number of amides is 1. The molecule has 2 aromatic heterocycles. The number of aromatic amines is 1. The second kappa shape index (κ2) is 9.60. The molecule has 8 nitrogen and oxygen atoms in total. The fourth-order valence-electron chi connectivity index (χ4n) is 3.66. The number of rotatable bonds is 8. The van der Waals surface area contributed by atoms with Crippen molar-refractivity contribution in [2.75, 3.05) is 7.11 Å². The highest BCUT2D eigenvalue weighted by Gasteiger charge is 2.24. The van der Waals surface area contributed by atoms with Gasteiger partial charge in [0.05, 0.1) is 18.4 Å². The highest BCUT2D eigenvalue weighted by Crippen LogP contribution is 2.20. The molecule has 0 aliphatic carbocycles. The van der Waals surface area contributed by atoms with Gasteiger partial charge < -0.3 is 24.3 Å². The highest BCUT2D eigenvalue weighted by molar-refractivity contribution is 5.97. The van der Waals surface area contributed by atoms with Crippen LogP contribution in [0.5, 0.6) is 5.75 Å². The summed E-state index contributed by atoms with van der Waals surface area (Å²) in [6.07, 6.45) is 2.15. The van der Waals surface area contributed by atoms with Crippen molar-refractivity contribution < 1.29 is 23.6 Å². The first kappa shape index (κ1) is 22.1. The Bertz CT molecular complexity index is 1250.